The van der Waals surface area contributed by atoms with E-state index in [1.807, 2.05) is 4.57 Å². The molecule has 1 fully saturated rings. The lowest BCUT2D eigenvalue weighted by atomic mass is 10.1. The molecule has 1 saturated heterocycles. The molecular formula is C19H21FN4O3. The molecule has 1 aromatic heterocycles. The number of nitrogens with zero attached hydrogens (tertiary/aromatic N) is 3. The lowest BCUT2D eigenvalue weighted by Crippen LogP contribution is -2.41. The summed E-state index contributed by atoms with van der Waals surface area (Å²) in [6.45, 7) is 2.71. The molecule has 1 aromatic carbocycles. The van der Waals surface area contributed by atoms with E-state index < -0.39 is 11.7 Å². The first-order chi connectivity index (χ1) is 13.1. The van der Waals surface area contributed by atoms with Gasteiger partial charge in [-0.25, -0.2) is 9.37 Å². The van der Waals surface area contributed by atoms with Gasteiger partial charge in [-0.2, -0.15) is 0 Å². The minimum absolute atomic E-state index is 0.159. The zero-order valence-electron chi connectivity index (χ0n) is 14.9. The summed E-state index contributed by atoms with van der Waals surface area (Å²) in [4.78, 5) is 31.8. The molecule has 27 heavy (non-hydrogen) atoms. The summed E-state index contributed by atoms with van der Waals surface area (Å²) >= 11 is 0. The zero-order valence-corrected chi connectivity index (χ0v) is 14.9. The number of amides is 2. The van der Waals surface area contributed by atoms with E-state index in [9.17, 15) is 14.0 Å². The second-order valence-corrected chi connectivity index (χ2v) is 6.71. The van der Waals surface area contributed by atoms with Gasteiger partial charge in [0.2, 0.25) is 0 Å². The highest BCUT2D eigenvalue weighted by Crippen LogP contribution is 2.23. The van der Waals surface area contributed by atoms with Gasteiger partial charge in [0.05, 0.1) is 18.9 Å². The van der Waals surface area contributed by atoms with Crippen LogP contribution in [0.25, 0.3) is 0 Å². The Labute approximate surface area is 156 Å². The average Bonchev–Trinajstić information content (AvgIpc) is 3.08. The third kappa shape index (κ3) is 3.57. The number of carbonyl (C=O) groups is 2. The third-order valence-electron chi connectivity index (χ3n) is 4.90. The van der Waals surface area contributed by atoms with Crippen molar-refractivity contribution in [3.05, 3.63) is 47.3 Å². The van der Waals surface area contributed by atoms with Gasteiger partial charge in [-0.3, -0.25) is 9.59 Å². The van der Waals surface area contributed by atoms with Crippen LogP contribution < -0.4 is 5.32 Å². The molecule has 3 heterocycles. The van der Waals surface area contributed by atoms with Crippen molar-refractivity contribution in [3.63, 3.8) is 0 Å². The highest BCUT2D eigenvalue weighted by atomic mass is 19.1. The Morgan fingerprint density at radius 3 is 2.74 bits per heavy atom. The number of imidazole rings is 1. The first-order valence-electron chi connectivity index (χ1n) is 9.17. The van der Waals surface area contributed by atoms with Crippen molar-refractivity contribution in [1.82, 2.24) is 14.5 Å². The fraction of sp³-hybridized carbons (Fsp3) is 0.421. The number of benzene rings is 1. The first kappa shape index (κ1) is 17.7. The summed E-state index contributed by atoms with van der Waals surface area (Å²) in [7, 11) is 0. The number of rotatable bonds is 3. The lowest BCUT2D eigenvalue weighted by Gasteiger charge is -2.26. The molecule has 4 rings (SSSR count). The van der Waals surface area contributed by atoms with Crippen molar-refractivity contribution in [2.75, 3.05) is 31.6 Å². The van der Waals surface area contributed by atoms with Gasteiger partial charge in [0.15, 0.2) is 5.82 Å². The maximum atomic E-state index is 13.4. The van der Waals surface area contributed by atoms with Crippen molar-refractivity contribution in [1.29, 1.82) is 0 Å². The summed E-state index contributed by atoms with van der Waals surface area (Å²) in [5.74, 6) is -0.828. The van der Waals surface area contributed by atoms with Gasteiger partial charge in [-0.1, -0.05) is 6.07 Å². The maximum Gasteiger partial charge on any atom is 0.291 e. The minimum atomic E-state index is -0.440. The Morgan fingerprint density at radius 2 is 1.96 bits per heavy atom. The Bertz CT molecular complexity index is 874. The topological polar surface area (TPSA) is 76.5 Å². The van der Waals surface area contributed by atoms with Crippen LogP contribution in [-0.2, 0) is 17.7 Å². The number of morpholine rings is 1. The number of fused-ring (bicyclic) bond motifs is 1. The molecule has 0 unspecified atom stereocenters. The van der Waals surface area contributed by atoms with Crippen molar-refractivity contribution in [3.8, 4) is 0 Å². The predicted molar refractivity (Wildman–Crippen MR) is 96.2 cm³/mol. The van der Waals surface area contributed by atoms with E-state index in [0.29, 0.717) is 50.7 Å². The maximum absolute atomic E-state index is 13.4. The summed E-state index contributed by atoms with van der Waals surface area (Å²) < 4.78 is 20.5. The van der Waals surface area contributed by atoms with Crippen molar-refractivity contribution < 1.29 is 18.7 Å². The Morgan fingerprint density at radius 1 is 1.15 bits per heavy atom. The van der Waals surface area contributed by atoms with Gasteiger partial charge in [0.25, 0.3) is 11.8 Å². The molecule has 0 bridgehead atoms. The normalized spacial score (nSPS) is 16.7. The van der Waals surface area contributed by atoms with E-state index in [0.717, 1.165) is 18.5 Å². The van der Waals surface area contributed by atoms with Crippen molar-refractivity contribution in [2.45, 2.75) is 25.8 Å². The Balaban J connectivity index is 1.63. The smallest absolute Gasteiger partial charge is 0.291 e. The number of aromatic nitrogens is 2. The van der Waals surface area contributed by atoms with E-state index >= 15 is 0 Å². The van der Waals surface area contributed by atoms with Crippen LogP contribution in [0.15, 0.2) is 24.3 Å². The number of nitrogens with one attached hydrogen (secondary N) is 1. The molecule has 2 aromatic rings. The second-order valence-electron chi connectivity index (χ2n) is 6.71. The molecule has 8 heteroatoms. The van der Waals surface area contributed by atoms with Crippen LogP contribution in [0.3, 0.4) is 0 Å². The third-order valence-corrected chi connectivity index (χ3v) is 4.90. The van der Waals surface area contributed by atoms with Crippen LogP contribution in [-0.4, -0.2) is 52.6 Å². The standard InChI is InChI=1S/C19H21FN4O3/c20-13-4-3-5-14(12-13)21-18(25)17-22-16(15-6-1-2-7-24(15)17)19(26)23-8-10-27-11-9-23/h3-5,12H,1-2,6-11H2,(H,21,25). The Kier molecular flexibility index (Phi) is 4.89. The number of hydrogen-bond donors (Lipinski definition) is 1. The monoisotopic (exact) mass is 372 g/mol. The molecule has 0 aliphatic carbocycles. The van der Waals surface area contributed by atoms with E-state index in [-0.39, 0.29) is 11.7 Å². The second kappa shape index (κ2) is 7.48. The van der Waals surface area contributed by atoms with Gasteiger partial charge < -0.3 is 19.5 Å². The van der Waals surface area contributed by atoms with Crippen LogP contribution in [0.1, 0.15) is 39.6 Å². The molecule has 0 spiro atoms. The molecule has 7 nitrogen and oxygen atoms in total. The predicted octanol–water partition coefficient (Wildman–Crippen LogP) is 2.08. The molecule has 2 aliphatic rings. The van der Waals surface area contributed by atoms with Gasteiger partial charge in [0, 0.05) is 25.3 Å². The number of anilines is 1. The molecule has 2 amide bonds. The van der Waals surface area contributed by atoms with E-state index in [1.165, 1.54) is 18.2 Å². The number of hydrogen-bond acceptors (Lipinski definition) is 4. The molecule has 142 valence electrons. The van der Waals surface area contributed by atoms with Crippen LogP contribution in [0, 0.1) is 5.82 Å². The Hall–Kier alpha value is -2.74. The average molecular weight is 372 g/mol. The number of carbonyl (C=O) groups excluding carboxylic acids is 2. The molecule has 2 aliphatic heterocycles. The fourth-order valence-electron chi connectivity index (χ4n) is 3.56. The first-order valence-corrected chi connectivity index (χ1v) is 9.17. The van der Waals surface area contributed by atoms with Gasteiger partial charge in [-0.15, -0.1) is 0 Å². The molecule has 0 atom stereocenters. The molecular weight excluding hydrogens is 351 g/mol. The van der Waals surface area contributed by atoms with Crippen molar-refractivity contribution in [2.24, 2.45) is 0 Å². The summed E-state index contributed by atoms with van der Waals surface area (Å²) in [5, 5.41) is 2.67. The largest absolute Gasteiger partial charge is 0.378 e. The van der Waals surface area contributed by atoms with E-state index in [2.05, 4.69) is 10.3 Å². The fourth-order valence-corrected chi connectivity index (χ4v) is 3.56. The number of ether oxygens (including phenoxy) is 1. The highest BCUT2D eigenvalue weighted by Gasteiger charge is 2.30. The highest BCUT2D eigenvalue weighted by molar-refractivity contribution is 6.03. The van der Waals surface area contributed by atoms with Crippen molar-refractivity contribution >= 4 is 17.5 Å². The summed E-state index contributed by atoms with van der Waals surface area (Å²) in [6, 6.07) is 5.70. The number of halogens is 1. The van der Waals surface area contributed by atoms with Crippen LogP contribution in [0.4, 0.5) is 10.1 Å². The zero-order chi connectivity index (χ0) is 18.8. The van der Waals surface area contributed by atoms with E-state index in [1.54, 1.807) is 11.0 Å². The van der Waals surface area contributed by atoms with Crippen LogP contribution in [0.2, 0.25) is 0 Å². The van der Waals surface area contributed by atoms with E-state index in [4.69, 9.17) is 4.74 Å². The summed E-state index contributed by atoms with van der Waals surface area (Å²) in [6.07, 6.45) is 2.60. The molecule has 1 N–H and O–H groups in total. The van der Waals surface area contributed by atoms with Crippen LogP contribution >= 0.6 is 0 Å². The molecule has 0 radical (unpaired) electrons. The van der Waals surface area contributed by atoms with Crippen LogP contribution in [0.5, 0.6) is 0 Å². The van der Waals surface area contributed by atoms with Gasteiger partial charge >= 0.3 is 0 Å². The summed E-state index contributed by atoms with van der Waals surface area (Å²) in [5.41, 5.74) is 1.51. The van der Waals surface area contributed by atoms with Gasteiger partial charge in [0.1, 0.15) is 11.5 Å². The molecule has 0 saturated carbocycles. The van der Waals surface area contributed by atoms with Gasteiger partial charge in [-0.05, 0) is 37.5 Å². The minimum Gasteiger partial charge on any atom is -0.378 e. The quantitative estimate of drug-likeness (QED) is 0.895. The lowest BCUT2D eigenvalue weighted by molar-refractivity contribution is 0.0298. The SMILES string of the molecule is O=C(Nc1cccc(F)c1)c1nc(C(=O)N2CCOCC2)c2n1CCCC2.